The van der Waals surface area contributed by atoms with Gasteiger partial charge in [0.2, 0.25) is 0 Å². The third kappa shape index (κ3) is 2.83. The summed E-state index contributed by atoms with van der Waals surface area (Å²) < 4.78 is 0. The summed E-state index contributed by atoms with van der Waals surface area (Å²) in [5, 5.41) is 3.41. The van der Waals surface area contributed by atoms with Gasteiger partial charge in [0, 0.05) is 33.9 Å². The summed E-state index contributed by atoms with van der Waals surface area (Å²) in [6, 6.07) is 8.47. The molecule has 0 aliphatic heterocycles. The zero-order valence-electron chi connectivity index (χ0n) is 9.66. The fourth-order valence-corrected chi connectivity index (χ4v) is 2.45. The molecule has 0 bridgehead atoms. The molecule has 0 aliphatic carbocycles. The van der Waals surface area contributed by atoms with E-state index >= 15 is 0 Å². The molecule has 0 atom stereocenters. The van der Waals surface area contributed by atoms with Crippen molar-refractivity contribution in [3.05, 3.63) is 45.9 Å². The van der Waals surface area contributed by atoms with E-state index in [-0.39, 0.29) is 0 Å². The molecule has 0 aliphatic rings. The van der Waals surface area contributed by atoms with E-state index < -0.39 is 0 Å². The molecular weight excluding hydrogens is 216 g/mol. The van der Waals surface area contributed by atoms with E-state index in [4.69, 9.17) is 0 Å². The minimum atomic E-state index is 0.897. The Morgan fingerprint density at radius 3 is 2.75 bits per heavy atom. The first-order valence-corrected chi connectivity index (χ1v) is 6.33. The molecular formula is C13H16N2S. The molecule has 0 saturated carbocycles. The lowest BCUT2D eigenvalue weighted by atomic mass is 10.3. The maximum atomic E-state index is 4.17. The van der Waals surface area contributed by atoms with Crippen LogP contribution in [0, 0.1) is 6.92 Å². The van der Waals surface area contributed by atoms with E-state index in [1.165, 1.54) is 9.75 Å². The Morgan fingerprint density at radius 2 is 2.06 bits per heavy atom. The zero-order valence-corrected chi connectivity index (χ0v) is 10.5. The molecule has 0 fully saturated rings. The van der Waals surface area contributed by atoms with Crippen molar-refractivity contribution in [2.45, 2.75) is 26.8 Å². The van der Waals surface area contributed by atoms with Crippen molar-refractivity contribution in [2.24, 2.45) is 0 Å². The number of nitrogens with zero attached hydrogens (tertiary/aromatic N) is 1. The van der Waals surface area contributed by atoms with Gasteiger partial charge in [0.1, 0.15) is 0 Å². The summed E-state index contributed by atoms with van der Waals surface area (Å²) in [5.74, 6) is 0. The summed E-state index contributed by atoms with van der Waals surface area (Å²) in [6.45, 7) is 5.09. The van der Waals surface area contributed by atoms with Gasteiger partial charge in [0.05, 0.1) is 0 Å². The summed E-state index contributed by atoms with van der Waals surface area (Å²) in [5.41, 5.74) is 2.18. The predicted molar refractivity (Wildman–Crippen MR) is 70.0 cm³/mol. The van der Waals surface area contributed by atoms with Crippen LogP contribution in [-0.4, -0.2) is 4.98 Å². The number of aromatic nitrogens is 1. The summed E-state index contributed by atoms with van der Waals surface area (Å²) >= 11 is 1.88. The number of rotatable bonds is 4. The highest BCUT2D eigenvalue weighted by Crippen LogP contribution is 2.18. The molecule has 16 heavy (non-hydrogen) atoms. The maximum absolute atomic E-state index is 4.17. The third-order valence-corrected chi connectivity index (χ3v) is 3.66. The third-order valence-electron chi connectivity index (χ3n) is 2.43. The summed E-state index contributed by atoms with van der Waals surface area (Å²) in [7, 11) is 0. The van der Waals surface area contributed by atoms with E-state index in [1.807, 2.05) is 30.5 Å². The highest BCUT2D eigenvalue weighted by atomic mass is 32.1. The highest BCUT2D eigenvalue weighted by molar-refractivity contribution is 7.12. The molecule has 2 rings (SSSR count). The molecule has 84 valence electrons. The Labute approximate surface area is 100 Å². The molecule has 3 heteroatoms. The summed E-state index contributed by atoms with van der Waals surface area (Å²) in [6.07, 6.45) is 2.96. The monoisotopic (exact) mass is 232 g/mol. The van der Waals surface area contributed by atoms with E-state index in [0.29, 0.717) is 0 Å². The van der Waals surface area contributed by atoms with Crippen molar-refractivity contribution in [2.75, 3.05) is 5.32 Å². The van der Waals surface area contributed by atoms with E-state index in [0.717, 1.165) is 24.3 Å². The van der Waals surface area contributed by atoms with Gasteiger partial charge in [-0.25, -0.2) is 0 Å². The lowest BCUT2D eigenvalue weighted by Crippen LogP contribution is -1.97. The standard InChI is InChI=1S/C13H16N2S/c1-3-12-4-5-13(16-12)9-15-11-6-7-14-10(2)8-11/h4-8H,3,9H2,1-2H3,(H,14,15). The smallest absolute Gasteiger partial charge is 0.0494 e. The van der Waals surface area contributed by atoms with Gasteiger partial charge < -0.3 is 5.32 Å². The van der Waals surface area contributed by atoms with Crippen LogP contribution in [0.4, 0.5) is 5.69 Å². The second kappa shape index (κ2) is 5.12. The number of hydrogen-bond acceptors (Lipinski definition) is 3. The number of anilines is 1. The van der Waals surface area contributed by atoms with Crippen LogP contribution in [0.5, 0.6) is 0 Å². The number of aryl methyl sites for hydroxylation is 2. The molecule has 2 aromatic rings. The second-order valence-electron chi connectivity index (χ2n) is 3.76. The molecule has 0 unspecified atom stereocenters. The van der Waals surface area contributed by atoms with Crippen LogP contribution in [0.25, 0.3) is 0 Å². The van der Waals surface area contributed by atoms with Crippen LogP contribution < -0.4 is 5.32 Å². The topological polar surface area (TPSA) is 24.9 Å². The quantitative estimate of drug-likeness (QED) is 0.870. The normalized spacial score (nSPS) is 10.4. The number of nitrogens with one attached hydrogen (secondary N) is 1. The predicted octanol–water partition coefficient (Wildman–Crippen LogP) is 3.63. The van der Waals surface area contributed by atoms with Gasteiger partial charge in [0.15, 0.2) is 0 Å². The first-order chi connectivity index (χ1) is 7.78. The molecule has 0 radical (unpaired) electrons. The Kier molecular flexibility index (Phi) is 3.57. The first kappa shape index (κ1) is 11.1. The minimum Gasteiger partial charge on any atom is -0.380 e. The van der Waals surface area contributed by atoms with Crippen LogP contribution in [0.1, 0.15) is 22.4 Å². The van der Waals surface area contributed by atoms with Crippen molar-refractivity contribution in [1.82, 2.24) is 4.98 Å². The van der Waals surface area contributed by atoms with E-state index in [9.17, 15) is 0 Å². The summed E-state index contributed by atoms with van der Waals surface area (Å²) in [4.78, 5) is 7.00. The molecule has 1 N–H and O–H groups in total. The highest BCUT2D eigenvalue weighted by Gasteiger charge is 1.98. The van der Waals surface area contributed by atoms with Crippen molar-refractivity contribution < 1.29 is 0 Å². The SMILES string of the molecule is CCc1ccc(CNc2ccnc(C)c2)s1. The lowest BCUT2D eigenvalue weighted by Gasteiger charge is -2.04. The number of pyridine rings is 1. The van der Waals surface area contributed by atoms with Crippen molar-refractivity contribution >= 4 is 17.0 Å². The van der Waals surface area contributed by atoms with Crippen molar-refractivity contribution in [3.63, 3.8) is 0 Å². The average molecular weight is 232 g/mol. The molecule has 0 aromatic carbocycles. The Hall–Kier alpha value is -1.35. The molecule has 2 nitrogen and oxygen atoms in total. The van der Waals surface area contributed by atoms with E-state index in [1.54, 1.807) is 0 Å². The minimum absolute atomic E-state index is 0.897. The Balaban J connectivity index is 1.96. The maximum Gasteiger partial charge on any atom is 0.0494 e. The van der Waals surface area contributed by atoms with Crippen LogP contribution in [0.2, 0.25) is 0 Å². The van der Waals surface area contributed by atoms with Gasteiger partial charge in [0.25, 0.3) is 0 Å². The van der Waals surface area contributed by atoms with Crippen LogP contribution in [0.15, 0.2) is 30.5 Å². The van der Waals surface area contributed by atoms with Gasteiger partial charge in [-0.05, 0) is 37.6 Å². The average Bonchev–Trinajstić information content (AvgIpc) is 2.74. The zero-order chi connectivity index (χ0) is 11.4. The van der Waals surface area contributed by atoms with Gasteiger partial charge in [-0.2, -0.15) is 0 Å². The van der Waals surface area contributed by atoms with Gasteiger partial charge >= 0.3 is 0 Å². The van der Waals surface area contributed by atoms with Crippen LogP contribution in [0.3, 0.4) is 0 Å². The molecule has 0 saturated heterocycles. The molecule has 0 spiro atoms. The molecule has 0 amide bonds. The lowest BCUT2D eigenvalue weighted by molar-refractivity contribution is 1.15. The fraction of sp³-hybridized carbons (Fsp3) is 0.308. The van der Waals surface area contributed by atoms with Crippen LogP contribution >= 0.6 is 11.3 Å². The fourth-order valence-electron chi connectivity index (χ4n) is 1.55. The van der Waals surface area contributed by atoms with Gasteiger partial charge in [-0.1, -0.05) is 6.92 Å². The Morgan fingerprint density at radius 1 is 1.25 bits per heavy atom. The largest absolute Gasteiger partial charge is 0.380 e. The Bertz CT molecular complexity index is 462. The number of thiophene rings is 1. The van der Waals surface area contributed by atoms with Crippen molar-refractivity contribution in [1.29, 1.82) is 0 Å². The molecule has 2 aromatic heterocycles. The first-order valence-electron chi connectivity index (χ1n) is 5.52. The van der Waals surface area contributed by atoms with Gasteiger partial charge in [-0.3, -0.25) is 4.98 Å². The molecule has 2 heterocycles. The number of hydrogen-bond donors (Lipinski definition) is 1. The van der Waals surface area contributed by atoms with E-state index in [2.05, 4.69) is 35.4 Å². The van der Waals surface area contributed by atoms with Crippen LogP contribution in [-0.2, 0) is 13.0 Å². The van der Waals surface area contributed by atoms with Crippen molar-refractivity contribution in [3.8, 4) is 0 Å². The van der Waals surface area contributed by atoms with Gasteiger partial charge in [-0.15, -0.1) is 11.3 Å². The second-order valence-corrected chi connectivity index (χ2v) is 5.01.